The van der Waals surface area contributed by atoms with Crippen molar-refractivity contribution in [2.24, 2.45) is 0 Å². The molecule has 3 aromatic rings. The Labute approximate surface area is 217 Å². The number of nitrogens with zero attached hydrogens (tertiary/aromatic N) is 2. The number of likely N-dealkylation sites (tertiary alicyclic amines) is 1. The van der Waals surface area contributed by atoms with Gasteiger partial charge in [-0.15, -0.1) is 0 Å². The van der Waals surface area contributed by atoms with Gasteiger partial charge in [0.2, 0.25) is 0 Å². The number of amides is 1. The molecule has 182 valence electrons. The highest BCUT2D eigenvalue weighted by Crippen LogP contribution is 2.45. The van der Waals surface area contributed by atoms with Gasteiger partial charge in [-0.3, -0.25) is 4.79 Å². The van der Waals surface area contributed by atoms with E-state index in [2.05, 4.69) is 11.0 Å². The highest BCUT2D eigenvalue weighted by molar-refractivity contribution is 6.42. The fourth-order valence-corrected chi connectivity index (χ4v) is 6.02. The first kappa shape index (κ1) is 24.3. The SMILES string of the molecule is CN1C(=O)c2ccccc2C1C(CCN1CCC(O)(c2ccccc2)CC1)c1ccc(Cl)c(Cl)c1. The predicted octanol–water partition coefficient (Wildman–Crippen LogP) is 6.28. The van der Waals surface area contributed by atoms with Crippen molar-refractivity contribution in [3.63, 3.8) is 0 Å². The van der Waals surface area contributed by atoms with E-state index in [0.29, 0.717) is 22.9 Å². The van der Waals surface area contributed by atoms with Gasteiger partial charge >= 0.3 is 0 Å². The summed E-state index contributed by atoms with van der Waals surface area (Å²) in [5.74, 6) is 0.124. The molecule has 4 nitrogen and oxygen atoms in total. The Bertz CT molecular complexity index is 1210. The summed E-state index contributed by atoms with van der Waals surface area (Å²) in [7, 11) is 1.89. The molecule has 6 heteroatoms. The van der Waals surface area contributed by atoms with Crippen molar-refractivity contribution in [3.8, 4) is 0 Å². The largest absolute Gasteiger partial charge is 0.385 e. The van der Waals surface area contributed by atoms with Crippen molar-refractivity contribution in [1.29, 1.82) is 0 Å². The van der Waals surface area contributed by atoms with Gasteiger partial charge in [0.25, 0.3) is 5.91 Å². The molecule has 1 amide bonds. The number of hydrogen-bond acceptors (Lipinski definition) is 3. The minimum Gasteiger partial charge on any atom is -0.385 e. The fourth-order valence-electron chi connectivity index (χ4n) is 5.72. The van der Waals surface area contributed by atoms with E-state index < -0.39 is 5.60 Å². The Morgan fingerprint density at radius 1 is 0.971 bits per heavy atom. The third-order valence-corrected chi connectivity index (χ3v) is 8.49. The lowest BCUT2D eigenvalue weighted by Gasteiger charge is -2.39. The molecule has 1 N–H and O–H groups in total. The molecule has 2 unspecified atom stereocenters. The van der Waals surface area contributed by atoms with Gasteiger partial charge < -0.3 is 14.9 Å². The van der Waals surface area contributed by atoms with Crippen LogP contribution in [0.25, 0.3) is 0 Å². The van der Waals surface area contributed by atoms with E-state index in [4.69, 9.17) is 23.2 Å². The third-order valence-electron chi connectivity index (χ3n) is 7.75. The molecule has 2 aliphatic heterocycles. The summed E-state index contributed by atoms with van der Waals surface area (Å²) in [5.41, 5.74) is 3.15. The van der Waals surface area contributed by atoms with Crippen molar-refractivity contribution < 1.29 is 9.90 Å². The second-order valence-corrected chi connectivity index (χ2v) is 10.6. The van der Waals surface area contributed by atoms with E-state index in [1.54, 1.807) is 0 Å². The summed E-state index contributed by atoms with van der Waals surface area (Å²) in [5, 5.41) is 12.3. The first-order valence-electron chi connectivity index (χ1n) is 12.2. The molecule has 2 atom stereocenters. The number of likely N-dealkylation sites (N-methyl/N-ethyl adjacent to an activating group) is 1. The summed E-state index contributed by atoms with van der Waals surface area (Å²) in [6.07, 6.45) is 2.27. The average Bonchev–Trinajstić information content (AvgIpc) is 3.13. The minimum atomic E-state index is -0.766. The van der Waals surface area contributed by atoms with Crippen LogP contribution in [0.1, 0.15) is 58.3 Å². The molecule has 0 aromatic heterocycles. The highest BCUT2D eigenvalue weighted by Gasteiger charge is 2.40. The number of hydrogen-bond donors (Lipinski definition) is 1. The molecular formula is C29H30Cl2N2O2. The van der Waals surface area contributed by atoms with Gasteiger partial charge in [-0.2, -0.15) is 0 Å². The van der Waals surface area contributed by atoms with Gasteiger partial charge in [-0.05, 0) is 60.7 Å². The smallest absolute Gasteiger partial charge is 0.254 e. The molecule has 0 radical (unpaired) electrons. The number of piperidine rings is 1. The summed E-state index contributed by atoms with van der Waals surface area (Å²) < 4.78 is 0. The van der Waals surface area contributed by atoms with Crippen molar-refractivity contribution in [2.45, 2.75) is 36.8 Å². The summed E-state index contributed by atoms with van der Waals surface area (Å²) >= 11 is 12.6. The number of carbonyl (C=O) groups is 1. The number of aliphatic hydroxyl groups is 1. The molecular weight excluding hydrogens is 479 g/mol. The molecule has 1 fully saturated rings. The van der Waals surface area contributed by atoms with Crippen LogP contribution in [0, 0.1) is 0 Å². The van der Waals surface area contributed by atoms with Crippen LogP contribution in [-0.2, 0) is 5.60 Å². The lowest BCUT2D eigenvalue weighted by molar-refractivity contribution is -0.0266. The molecule has 0 saturated carbocycles. The predicted molar refractivity (Wildman–Crippen MR) is 141 cm³/mol. The molecule has 0 spiro atoms. The van der Waals surface area contributed by atoms with Crippen LogP contribution in [0.3, 0.4) is 0 Å². The van der Waals surface area contributed by atoms with Crippen LogP contribution in [0.5, 0.6) is 0 Å². The van der Waals surface area contributed by atoms with Crippen molar-refractivity contribution in [1.82, 2.24) is 9.80 Å². The Hall–Kier alpha value is -2.37. The molecule has 0 aliphatic carbocycles. The van der Waals surface area contributed by atoms with Gasteiger partial charge in [0.05, 0.1) is 21.7 Å². The number of halogens is 2. The van der Waals surface area contributed by atoms with Gasteiger partial charge in [-0.25, -0.2) is 0 Å². The molecule has 5 rings (SSSR count). The quantitative estimate of drug-likeness (QED) is 0.426. The monoisotopic (exact) mass is 508 g/mol. The van der Waals surface area contributed by atoms with Crippen molar-refractivity contribution in [2.75, 3.05) is 26.7 Å². The third kappa shape index (κ3) is 4.73. The summed E-state index contributed by atoms with van der Waals surface area (Å²) in [6.45, 7) is 2.53. The van der Waals surface area contributed by atoms with Crippen LogP contribution in [0.2, 0.25) is 10.0 Å². The van der Waals surface area contributed by atoms with E-state index in [9.17, 15) is 9.90 Å². The Morgan fingerprint density at radius 3 is 2.37 bits per heavy atom. The standard InChI is InChI=1S/C29H30Cl2N2O2/c1-32-27(23-9-5-6-10-24(23)28(32)34)22(20-11-12-25(30)26(31)19-20)13-16-33-17-14-29(35,15-18-33)21-7-3-2-4-8-21/h2-12,19,22,27,35H,13-18H2,1H3. The lowest BCUT2D eigenvalue weighted by Crippen LogP contribution is -2.43. The van der Waals surface area contributed by atoms with E-state index >= 15 is 0 Å². The molecule has 0 bridgehead atoms. The van der Waals surface area contributed by atoms with Gasteiger partial charge in [-0.1, -0.05) is 77.8 Å². The maximum Gasteiger partial charge on any atom is 0.254 e. The summed E-state index contributed by atoms with van der Waals surface area (Å²) in [4.78, 5) is 17.3. The second kappa shape index (κ2) is 9.94. The molecule has 2 heterocycles. The lowest BCUT2D eigenvalue weighted by atomic mass is 9.83. The van der Waals surface area contributed by atoms with E-state index in [1.807, 2.05) is 78.7 Å². The van der Waals surface area contributed by atoms with Crippen molar-refractivity contribution >= 4 is 29.1 Å². The molecule has 2 aliphatic rings. The maximum atomic E-state index is 13.0. The van der Waals surface area contributed by atoms with Crippen LogP contribution >= 0.6 is 23.2 Å². The highest BCUT2D eigenvalue weighted by atomic mass is 35.5. The number of carbonyl (C=O) groups excluding carboxylic acids is 1. The average molecular weight is 509 g/mol. The van der Waals surface area contributed by atoms with E-state index in [-0.39, 0.29) is 17.9 Å². The normalized spacial score (nSPS) is 20.6. The molecule has 35 heavy (non-hydrogen) atoms. The van der Waals surface area contributed by atoms with Crippen molar-refractivity contribution in [3.05, 3.63) is 105 Å². The first-order chi connectivity index (χ1) is 16.9. The number of benzene rings is 3. The zero-order valence-electron chi connectivity index (χ0n) is 19.8. The Kier molecular flexibility index (Phi) is 6.91. The van der Waals surface area contributed by atoms with Gasteiger partial charge in [0.15, 0.2) is 0 Å². The van der Waals surface area contributed by atoms with Crippen LogP contribution < -0.4 is 0 Å². The number of fused-ring (bicyclic) bond motifs is 1. The van der Waals surface area contributed by atoms with Crippen LogP contribution in [-0.4, -0.2) is 47.5 Å². The number of rotatable bonds is 6. The maximum absolute atomic E-state index is 13.0. The van der Waals surface area contributed by atoms with E-state index in [1.165, 1.54) is 0 Å². The fraction of sp³-hybridized carbons (Fsp3) is 0.345. The Balaban J connectivity index is 1.36. The van der Waals surface area contributed by atoms with Gasteiger partial charge in [0.1, 0.15) is 0 Å². The van der Waals surface area contributed by atoms with Crippen LogP contribution in [0.4, 0.5) is 0 Å². The first-order valence-corrected chi connectivity index (χ1v) is 12.9. The van der Waals surface area contributed by atoms with Gasteiger partial charge in [0, 0.05) is 31.6 Å². The zero-order chi connectivity index (χ0) is 24.6. The van der Waals surface area contributed by atoms with Crippen LogP contribution in [0.15, 0.2) is 72.8 Å². The summed E-state index contributed by atoms with van der Waals surface area (Å²) in [6, 6.07) is 23.6. The second-order valence-electron chi connectivity index (χ2n) is 9.76. The topological polar surface area (TPSA) is 43.8 Å². The minimum absolute atomic E-state index is 0.0570. The molecule has 3 aromatic carbocycles. The van der Waals surface area contributed by atoms with E-state index in [0.717, 1.165) is 48.3 Å². The molecule has 1 saturated heterocycles. The zero-order valence-corrected chi connectivity index (χ0v) is 21.3. The Morgan fingerprint density at radius 2 is 1.66 bits per heavy atom.